The molecule has 0 radical (unpaired) electrons. The molecule has 23 heavy (non-hydrogen) atoms. The zero-order valence-electron chi connectivity index (χ0n) is 13.6. The van der Waals surface area contributed by atoms with Crippen molar-refractivity contribution in [3.8, 4) is 5.88 Å². The number of cyclic esters (lactones) is 1. The van der Waals surface area contributed by atoms with Crippen LogP contribution in [0.1, 0.15) is 26.3 Å². The topological polar surface area (TPSA) is 98.8 Å². The van der Waals surface area contributed by atoms with Crippen LogP contribution in [-0.2, 0) is 15.9 Å². The molecule has 1 atom stereocenters. The van der Waals surface area contributed by atoms with Crippen LogP contribution in [0.2, 0.25) is 0 Å². The van der Waals surface area contributed by atoms with E-state index in [0.717, 1.165) is 5.56 Å². The molecule has 2 N–H and O–H groups in total. The Balaban J connectivity index is 2.04. The van der Waals surface area contributed by atoms with E-state index in [1.54, 1.807) is 32.9 Å². The second kappa shape index (κ2) is 6.72. The Kier molecular flexibility index (Phi) is 4.92. The van der Waals surface area contributed by atoms with Crippen LogP contribution in [0, 0.1) is 0 Å². The van der Waals surface area contributed by atoms with E-state index in [9.17, 15) is 9.59 Å². The van der Waals surface area contributed by atoms with E-state index in [-0.39, 0.29) is 6.04 Å². The molecule has 1 saturated heterocycles. The number of amides is 2. The van der Waals surface area contributed by atoms with Gasteiger partial charge in [0.1, 0.15) is 18.0 Å². The molecule has 0 saturated carbocycles. The summed E-state index contributed by atoms with van der Waals surface area (Å²) in [7, 11) is 1.49. The van der Waals surface area contributed by atoms with Gasteiger partial charge in [-0.05, 0) is 32.9 Å². The van der Waals surface area contributed by atoms with Crippen molar-refractivity contribution in [1.82, 2.24) is 10.3 Å². The number of alkyl carbamates (subject to hydrolysis) is 1. The van der Waals surface area contributed by atoms with Crippen LogP contribution in [0.15, 0.2) is 12.1 Å². The summed E-state index contributed by atoms with van der Waals surface area (Å²) < 4.78 is 15.3. The molecule has 0 unspecified atom stereocenters. The van der Waals surface area contributed by atoms with Gasteiger partial charge in [-0.1, -0.05) is 0 Å². The van der Waals surface area contributed by atoms with E-state index in [4.69, 9.17) is 14.2 Å². The van der Waals surface area contributed by atoms with Gasteiger partial charge in [0.2, 0.25) is 5.88 Å². The van der Waals surface area contributed by atoms with Gasteiger partial charge in [0.25, 0.3) is 0 Å². The number of hydrogen-bond donors (Lipinski definition) is 2. The molecule has 0 aliphatic carbocycles. The molecule has 1 aliphatic heterocycles. The Morgan fingerprint density at radius 1 is 1.48 bits per heavy atom. The molecule has 1 fully saturated rings. The minimum atomic E-state index is -0.589. The van der Waals surface area contributed by atoms with Gasteiger partial charge in [0.15, 0.2) is 0 Å². The average Bonchev–Trinajstić information content (AvgIpc) is 2.83. The number of carbonyl (C=O) groups is 2. The maximum Gasteiger partial charge on any atom is 0.413 e. The summed E-state index contributed by atoms with van der Waals surface area (Å²) in [5.41, 5.74) is 0.215. The number of methoxy groups -OCH3 is 1. The molecular weight excluding hydrogens is 302 g/mol. The maximum absolute atomic E-state index is 11.7. The van der Waals surface area contributed by atoms with Crippen LogP contribution >= 0.6 is 0 Å². The van der Waals surface area contributed by atoms with Crippen molar-refractivity contribution in [1.29, 1.82) is 0 Å². The van der Waals surface area contributed by atoms with Crippen LogP contribution in [0.5, 0.6) is 5.88 Å². The summed E-state index contributed by atoms with van der Waals surface area (Å²) in [6.07, 6.45) is -0.490. The Hall–Kier alpha value is -2.51. The smallest absolute Gasteiger partial charge is 0.413 e. The third-order valence-electron chi connectivity index (χ3n) is 2.97. The molecule has 1 aromatic rings. The van der Waals surface area contributed by atoms with E-state index in [2.05, 4.69) is 15.6 Å². The van der Waals surface area contributed by atoms with E-state index < -0.39 is 17.8 Å². The highest BCUT2D eigenvalue weighted by Crippen LogP contribution is 2.21. The average molecular weight is 323 g/mol. The molecule has 2 rings (SSSR count). The van der Waals surface area contributed by atoms with Crippen LogP contribution in [-0.4, -0.2) is 42.5 Å². The standard InChI is InChI=1S/C15H21N3O5/c1-15(2,3)23-14(20)18-11-6-5-9(12(17-11)21-4)7-10-8-22-13(19)16-10/h5-6,10H,7-8H2,1-4H3,(H,16,19)(H,17,18,20)/t10-/m0/s1. The van der Waals surface area contributed by atoms with E-state index in [1.165, 1.54) is 7.11 Å². The Morgan fingerprint density at radius 2 is 2.22 bits per heavy atom. The number of carbonyl (C=O) groups excluding carboxylic acids is 2. The highest BCUT2D eigenvalue weighted by Gasteiger charge is 2.24. The van der Waals surface area contributed by atoms with Gasteiger partial charge in [-0.2, -0.15) is 4.98 Å². The van der Waals surface area contributed by atoms with Crippen molar-refractivity contribution in [2.75, 3.05) is 19.0 Å². The summed E-state index contributed by atoms with van der Waals surface area (Å²) in [6.45, 7) is 5.64. The predicted molar refractivity (Wildman–Crippen MR) is 82.6 cm³/mol. The monoisotopic (exact) mass is 323 g/mol. The third kappa shape index (κ3) is 5.01. The van der Waals surface area contributed by atoms with Crippen molar-refractivity contribution in [2.45, 2.75) is 38.8 Å². The van der Waals surface area contributed by atoms with E-state index in [0.29, 0.717) is 24.7 Å². The summed E-state index contributed by atoms with van der Waals surface area (Å²) in [5.74, 6) is 0.700. The van der Waals surface area contributed by atoms with Gasteiger partial charge in [0, 0.05) is 12.0 Å². The van der Waals surface area contributed by atoms with Crippen LogP contribution < -0.4 is 15.4 Å². The lowest BCUT2D eigenvalue weighted by molar-refractivity contribution is 0.0635. The van der Waals surface area contributed by atoms with Crippen molar-refractivity contribution < 1.29 is 23.8 Å². The highest BCUT2D eigenvalue weighted by molar-refractivity contribution is 5.83. The molecule has 0 bridgehead atoms. The Labute approximate surface area is 134 Å². The van der Waals surface area contributed by atoms with E-state index in [1.807, 2.05) is 0 Å². The Morgan fingerprint density at radius 3 is 2.78 bits per heavy atom. The van der Waals surface area contributed by atoms with Gasteiger partial charge in [-0.15, -0.1) is 0 Å². The second-order valence-corrected chi connectivity index (χ2v) is 6.14. The lowest BCUT2D eigenvalue weighted by Gasteiger charge is -2.19. The molecule has 1 aliphatic rings. The fourth-order valence-corrected chi connectivity index (χ4v) is 2.08. The molecule has 2 amide bonds. The number of pyridine rings is 1. The first kappa shape index (κ1) is 16.9. The minimum absolute atomic E-state index is 0.122. The fraction of sp³-hybridized carbons (Fsp3) is 0.533. The van der Waals surface area contributed by atoms with Crippen molar-refractivity contribution in [3.63, 3.8) is 0 Å². The molecule has 1 aromatic heterocycles. The number of nitrogens with zero attached hydrogens (tertiary/aromatic N) is 1. The molecular formula is C15H21N3O5. The maximum atomic E-state index is 11.7. The minimum Gasteiger partial charge on any atom is -0.481 e. The number of ether oxygens (including phenoxy) is 3. The molecule has 8 heteroatoms. The summed E-state index contributed by atoms with van der Waals surface area (Å²) in [4.78, 5) is 27.0. The molecule has 2 heterocycles. The second-order valence-electron chi connectivity index (χ2n) is 6.14. The van der Waals surface area contributed by atoms with E-state index >= 15 is 0 Å². The van der Waals surface area contributed by atoms with Crippen LogP contribution in [0.3, 0.4) is 0 Å². The zero-order chi connectivity index (χ0) is 17.0. The van der Waals surface area contributed by atoms with Gasteiger partial charge >= 0.3 is 12.2 Å². The largest absolute Gasteiger partial charge is 0.481 e. The van der Waals surface area contributed by atoms with Gasteiger partial charge < -0.3 is 19.5 Å². The number of hydrogen-bond acceptors (Lipinski definition) is 6. The lowest BCUT2D eigenvalue weighted by Crippen LogP contribution is -2.29. The zero-order valence-corrected chi connectivity index (χ0v) is 13.6. The fourth-order valence-electron chi connectivity index (χ4n) is 2.08. The van der Waals surface area contributed by atoms with Crippen molar-refractivity contribution in [3.05, 3.63) is 17.7 Å². The first-order valence-electron chi connectivity index (χ1n) is 7.24. The number of aromatic nitrogens is 1. The summed E-state index contributed by atoms with van der Waals surface area (Å²) in [6, 6.07) is 3.31. The predicted octanol–water partition coefficient (Wildman–Crippen LogP) is 2.09. The molecule has 8 nitrogen and oxygen atoms in total. The summed E-state index contributed by atoms with van der Waals surface area (Å²) in [5, 5.41) is 5.25. The first-order valence-corrected chi connectivity index (χ1v) is 7.24. The van der Waals surface area contributed by atoms with Crippen molar-refractivity contribution in [2.24, 2.45) is 0 Å². The van der Waals surface area contributed by atoms with Gasteiger partial charge in [-0.3, -0.25) is 5.32 Å². The van der Waals surface area contributed by atoms with Crippen molar-refractivity contribution >= 4 is 18.0 Å². The summed E-state index contributed by atoms with van der Waals surface area (Å²) >= 11 is 0. The van der Waals surface area contributed by atoms with Gasteiger partial charge in [-0.25, -0.2) is 9.59 Å². The molecule has 126 valence electrons. The molecule has 0 aromatic carbocycles. The highest BCUT2D eigenvalue weighted by atomic mass is 16.6. The van der Waals surface area contributed by atoms with Gasteiger partial charge in [0.05, 0.1) is 13.2 Å². The number of nitrogens with one attached hydrogen (secondary N) is 2. The first-order chi connectivity index (χ1) is 10.8. The SMILES string of the molecule is COc1nc(NC(=O)OC(C)(C)C)ccc1C[C@H]1COC(=O)N1. The number of rotatable bonds is 4. The Bertz CT molecular complexity index is 597. The van der Waals surface area contributed by atoms with Crippen LogP contribution in [0.4, 0.5) is 15.4 Å². The van der Waals surface area contributed by atoms with Crippen LogP contribution in [0.25, 0.3) is 0 Å². The quantitative estimate of drug-likeness (QED) is 0.880. The lowest BCUT2D eigenvalue weighted by atomic mass is 10.1. The number of anilines is 1. The molecule has 0 spiro atoms. The normalized spacial score (nSPS) is 17.2. The third-order valence-corrected chi connectivity index (χ3v) is 2.97.